The van der Waals surface area contributed by atoms with Crippen LogP contribution in [-0.2, 0) is 25.5 Å². The third kappa shape index (κ3) is 5.17. The Hall–Kier alpha value is -1.95. The van der Waals surface area contributed by atoms with Crippen LogP contribution in [0, 0.1) is 0 Å². The summed E-state index contributed by atoms with van der Waals surface area (Å²) in [5.41, 5.74) is 1.69. The Kier molecular flexibility index (Phi) is 6.37. The van der Waals surface area contributed by atoms with Crippen LogP contribution in [0.3, 0.4) is 0 Å². The average Bonchev–Trinajstić information content (AvgIpc) is 3.30. The Morgan fingerprint density at radius 3 is 2.35 bits per heavy atom. The standard InChI is InChI=1S/C23H31N3O5S3/c1-22(2,3)25-34(30,31)20-12-16(14-32-20)21(27)26-15-23(10-6-5-7-11-23)18-13-17(8-9-19(18)26)24-33(4,28)29/h8-9,12-14,24-25H,5-7,10-11,15H2,1-4H3. The van der Waals surface area contributed by atoms with Crippen LogP contribution < -0.4 is 14.3 Å². The topological polar surface area (TPSA) is 113 Å². The number of amides is 1. The molecule has 1 amide bonds. The number of carbonyl (C=O) groups is 1. The molecule has 1 saturated carbocycles. The van der Waals surface area contributed by atoms with Crippen LogP contribution in [0.1, 0.15) is 68.8 Å². The van der Waals surface area contributed by atoms with E-state index in [1.165, 1.54) is 6.07 Å². The molecule has 2 N–H and O–H groups in total. The third-order valence-electron chi connectivity index (χ3n) is 6.21. The van der Waals surface area contributed by atoms with Crippen LogP contribution in [0.2, 0.25) is 0 Å². The molecule has 1 aromatic heterocycles. The van der Waals surface area contributed by atoms with Crippen molar-refractivity contribution in [3.63, 3.8) is 0 Å². The fraction of sp³-hybridized carbons (Fsp3) is 0.522. The molecular formula is C23H31N3O5S3. The van der Waals surface area contributed by atoms with Crippen molar-refractivity contribution in [3.05, 3.63) is 40.8 Å². The first-order chi connectivity index (χ1) is 15.7. The number of hydrogen-bond acceptors (Lipinski definition) is 6. The minimum absolute atomic E-state index is 0.102. The number of thiophene rings is 1. The van der Waals surface area contributed by atoms with Gasteiger partial charge in [0, 0.05) is 34.3 Å². The van der Waals surface area contributed by atoms with Crippen molar-refractivity contribution in [2.75, 3.05) is 22.4 Å². The fourth-order valence-electron chi connectivity index (χ4n) is 4.96. The first kappa shape index (κ1) is 25.2. The number of nitrogens with one attached hydrogen (secondary N) is 2. The van der Waals surface area contributed by atoms with E-state index < -0.39 is 25.6 Å². The molecule has 0 saturated heterocycles. The second kappa shape index (κ2) is 8.61. The summed E-state index contributed by atoms with van der Waals surface area (Å²) in [4.78, 5) is 15.3. The Labute approximate surface area is 205 Å². The summed E-state index contributed by atoms with van der Waals surface area (Å²) < 4.78 is 54.2. The Bertz CT molecular complexity index is 1320. The Balaban J connectivity index is 1.69. The van der Waals surface area contributed by atoms with E-state index in [1.807, 2.05) is 6.07 Å². The van der Waals surface area contributed by atoms with Gasteiger partial charge in [-0.15, -0.1) is 11.3 Å². The molecule has 2 heterocycles. The molecule has 34 heavy (non-hydrogen) atoms. The summed E-state index contributed by atoms with van der Waals surface area (Å²) in [7, 11) is -7.16. The lowest BCUT2D eigenvalue weighted by molar-refractivity contribution is 0.0982. The van der Waals surface area contributed by atoms with Gasteiger partial charge in [-0.25, -0.2) is 21.6 Å². The van der Waals surface area contributed by atoms with Gasteiger partial charge in [-0.2, -0.15) is 0 Å². The summed E-state index contributed by atoms with van der Waals surface area (Å²) in [5.74, 6) is -0.249. The molecule has 1 spiro atoms. The molecule has 186 valence electrons. The maximum atomic E-state index is 13.6. The lowest BCUT2D eigenvalue weighted by Crippen LogP contribution is -2.40. The predicted octanol–water partition coefficient (Wildman–Crippen LogP) is 4.06. The number of nitrogens with zero attached hydrogens (tertiary/aromatic N) is 1. The minimum Gasteiger partial charge on any atom is -0.307 e. The SMILES string of the molecule is CC(C)(C)NS(=O)(=O)c1cc(C(=O)N2CC3(CCCCC3)c3cc(NS(C)(=O)=O)ccc32)cs1. The maximum Gasteiger partial charge on any atom is 0.259 e. The van der Waals surface area contributed by atoms with Crippen LogP contribution in [0.4, 0.5) is 11.4 Å². The quantitative estimate of drug-likeness (QED) is 0.611. The number of sulfonamides is 2. The molecule has 2 aromatic rings. The molecule has 1 aliphatic heterocycles. The van der Waals surface area contributed by atoms with E-state index in [4.69, 9.17) is 0 Å². The summed E-state index contributed by atoms with van der Waals surface area (Å²) in [5, 5.41) is 1.59. The highest BCUT2D eigenvalue weighted by Crippen LogP contribution is 2.50. The van der Waals surface area contributed by atoms with Gasteiger partial charge in [0.1, 0.15) is 4.21 Å². The largest absolute Gasteiger partial charge is 0.307 e. The van der Waals surface area contributed by atoms with Crippen LogP contribution in [-0.4, -0.2) is 41.1 Å². The first-order valence-electron chi connectivity index (χ1n) is 11.3. The van der Waals surface area contributed by atoms with E-state index in [0.717, 1.165) is 60.9 Å². The van der Waals surface area contributed by atoms with Crippen molar-refractivity contribution in [1.82, 2.24) is 4.72 Å². The molecule has 0 unspecified atom stereocenters. The molecule has 1 aliphatic carbocycles. The van der Waals surface area contributed by atoms with Gasteiger partial charge in [0.15, 0.2) is 0 Å². The molecule has 8 nitrogen and oxygen atoms in total. The van der Waals surface area contributed by atoms with Crippen molar-refractivity contribution in [1.29, 1.82) is 0 Å². The smallest absolute Gasteiger partial charge is 0.259 e. The summed E-state index contributed by atoms with van der Waals surface area (Å²) in [6.07, 6.45) is 6.19. The predicted molar refractivity (Wildman–Crippen MR) is 136 cm³/mol. The lowest BCUT2D eigenvalue weighted by atomic mass is 9.70. The normalized spacial score (nSPS) is 18.2. The second-order valence-electron chi connectivity index (χ2n) is 10.3. The van der Waals surface area contributed by atoms with E-state index in [-0.39, 0.29) is 15.5 Å². The first-order valence-corrected chi connectivity index (χ1v) is 15.5. The molecule has 0 radical (unpaired) electrons. The van der Waals surface area contributed by atoms with Gasteiger partial charge >= 0.3 is 0 Å². The van der Waals surface area contributed by atoms with Crippen molar-refractivity contribution >= 4 is 48.7 Å². The second-order valence-corrected chi connectivity index (χ2v) is 14.9. The lowest BCUT2D eigenvalue weighted by Gasteiger charge is -2.34. The van der Waals surface area contributed by atoms with Crippen LogP contribution in [0.15, 0.2) is 33.9 Å². The maximum absolute atomic E-state index is 13.6. The van der Waals surface area contributed by atoms with Crippen molar-refractivity contribution < 1.29 is 21.6 Å². The molecule has 2 aliphatic rings. The summed E-state index contributed by atoms with van der Waals surface area (Å²) >= 11 is 1.03. The van der Waals surface area contributed by atoms with Crippen LogP contribution >= 0.6 is 11.3 Å². The highest BCUT2D eigenvalue weighted by Gasteiger charge is 2.45. The van der Waals surface area contributed by atoms with Crippen molar-refractivity contribution in [3.8, 4) is 0 Å². The van der Waals surface area contributed by atoms with E-state index in [0.29, 0.717) is 17.8 Å². The van der Waals surface area contributed by atoms with Gasteiger partial charge in [-0.3, -0.25) is 9.52 Å². The summed E-state index contributed by atoms with van der Waals surface area (Å²) in [6.45, 7) is 5.80. The average molecular weight is 526 g/mol. The molecule has 1 fully saturated rings. The monoisotopic (exact) mass is 525 g/mol. The van der Waals surface area contributed by atoms with E-state index >= 15 is 0 Å². The Morgan fingerprint density at radius 1 is 1.06 bits per heavy atom. The number of fused-ring (bicyclic) bond motifs is 2. The number of rotatable bonds is 5. The van der Waals surface area contributed by atoms with Crippen LogP contribution in [0.5, 0.6) is 0 Å². The number of hydrogen-bond donors (Lipinski definition) is 2. The van der Waals surface area contributed by atoms with Crippen LogP contribution in [0.25, 0.3) is 0 Å². The van der Waals surface area contributed by atoms with Gasteiger partial charge in [0.25, 0.3) is 15.9 Å². The number of benzene rings is 1. The molecular weight excluding hydrogens is 494 g/mol. The zero-order chi connectivity index (χ0) is 24.9. The third-order valence-corrected chi connectivity index (χ3v) is 10.0. The van der Waals surface area contributed by atoms with Crippen molar-refractivity contribution in [2.24, 2.45) is 0 Å². The zero-order valence-corrected chi connectivity index (χ0v) is 22.3. The van der Waals surface area contributed by atoms with E-state index in [2.05, 4.69) is 9.44 Å². The molecule has 1 aromatic carbocycles. The zero-order valence-electron chi connectivity index (χ0n) is 19.8. The molecule has 11 heteroatoms. The highest BCUT2D eigenvalue weighted by atomic mass is 32.2. The Morgan fingerprint density at radius 2 is 1.74 bits per heavy atom. The minimum atomic E-state index is -3.73. The van der Waals surface area contributed by atoms with Gasteiger partial charge in [0.05, 0.1) is 11.8 Å². The van der Waals surface area contributed by atoms with Gasteiger partial charge in [-0.05, 0) is 63.4 Å². The fourth-order valence-corrected chi connectivity index (χ4v) is 8.09. The van der Waals surface area contributed by atoms with Gasteiger partial charge < -0.3 is 4.90 Å². The van der Waals surface area contributed by atoms with Gasteiger partial charge in [0.2, 0.25) is 10.0 Å². The number of carbonyl (C=O) groups excluding carboxylic acids is 1. The van der Waals surface area contributed by atoms with E-state index in [1.54, 1.807) is 43.2 Å². The van der Waals surface area contributed by atoms with Gasteiger partial charge in [-0.1, -0.05) is 19.3 Å². The molecule has 0 atom stereocenters. The number of anilines is 2. The van der Waals surface area contributed by atoms with Crippen molar-refractivity contribution in [2.45, 2.75) is 68.0 Å². The molecule has 4 rings (SSSR count). The molecule has 0 bridgehead atoms. The summed E-state index contributed by atoms with van der Waals surface area (Å²) in [6, 6.07) is 6.74. The van der Waals surface area contributed by atoms with E-state index in [9.17, 15) is 21.6 Å². The highest BCUT2D eigenvalue weighted by molar-refractivity contribution is 7.92.